The molecule has 1 rings (SSSR count). The van der Waals surface area contributed by atoms with Crippen molar-refractivity contribution in [2.75, 3.05) is 6.61 Å². The third-order valence-corrected chi connectivity index (χ3v) is 3.88. The Morgan fingerprint density at radius 1 is 1.47 bits per heavy atom. The second-order valence-electron chi connectivity index (χ2n) is 3.84. The topological polar surface area (TPSA) is 45.1 Å². The molecule has 0 bridgehead atoms. The summed E-state index contributed by atoms with van der Waals surface area (Å²) >= 11 is 1.70. The number of nitrogens with one attached hydrogen (secondary N) is 1. The van der Waals surface area contributed by atoms with Gasteiger partial charge in [-0.3, -0.25) is 0 Å². The van der Waals surface area contributed by atoms with Crippen LogP contribution in [0.15, 0.2) is 6.20 Å². The molecule has 86 valence electrons. The first kappa shape index (κ1) is 12.6. The number of rotatable bonds is 6. The lowest BCUT2D eigenvalue weighted by molar-refractivity contribution is 0.150. The number of aliphatic hydroxyl groups is 1. The maximum atomic E-state index is 9.39. The number of aromatic nitrogens is 1. The number of hydrogen-bond acceptors (Lipinski definition) is 4. The molecule has 2 N–H and O–H groups in total. The molecule has 1 heterocycles. The second kappa shape index (κ2) is 5.58. The summed E-state index contributed by atoms with van der Waals surface area (Å²) in [5, 5.41) is 13.9. The molecular formula is C11H20N2OS. The smallest absolute Gasteiger partial charge is 0.0897 e. The Balaban J connectivity index is 2.54. The molecule has 15 heavy (non-hydrogen) atoms. The molecule has 0 atom stereocenters. The van der Waals surface area contributed by atoms with E-state index in [0.717, 1.165) is 24.4 Å². The monoisotopic (exact) mass is 228 g/mol. The number of nitrogens with zero attached hydrogens (tertiary/aromatic N) is 1. The molecule has 0 aliphatic rings. The molecular weight excluding hydrogens is 208 g/mol. The fraction of sp³-hybridized carbons (Fsp3) is 0.727. The minimum Gasteiger partial charge on any atom is -0.394 e. The van der Waals surface area contributed by atoms with Gasteiger partial charge in [0.2, 0.25) is 0 Å². The van der Waals surface area contributed by atoms with Crippen LogP contribution in [0, 0.1) is 6.92 Å². The van der Waals surface area contributed by atoms with E-state index < -0.39 is 0 Å². The van der Waals surface area contributed by atoms with E-state index in [0.29, 0.717) is 0 Å². The largest absolute Gasteiger partial charge is 0.394 e. The van der Waals surface area contributed by atoms with E-state index >= 15 is 0 Å². The van der Waals surface area contributed by atoms with E-state index in [4.69, 9.17) is 0 Å². The van der Waals surface area contributed by atoms with Crippen molar-refractivity contribution < 1.29 is 5.11 Å². The molecule has 0 amide bonds. The summed E-state index contributed by atoms with van der Waals surface area (Å²) in [6.07, 6.45) is 3.79. The average Bonchev–Trinajstić information content (AvgIpc) is 2.67. The first-order valence-electron chi connectivity index (χ1n) is 5.43. The van der Waals surface area contributed by atoms with Crippen molar-refractivity contribution >= 4 is 11.3 Å². The molecule has 0 unspecified atom stereocenters. The van der Waals surface area contributed by atoms with Gasteiger partial charge in [-0.1, -0.05) is 13.8 Å². The molecule has 0 radical (unpaired) electrons. The highest BCUT2D eigenvalue weighted by Gasteiger charge is 2.24. The van der Waals surface area contributed by atoms with Gasteiger partial charge in [0.1, 0.15) is 0 Å². The van der Waals surface area contributed by atoms with Gasteiger partial charge in [0, 0.05) is 23.2 Å². The molecule has 0 spiro atoms. The van der Waals surface area contributed by atoms with Crippen molar-refractivity contribution in [3.63, 3.8) is 0 Å². The molecule has 0 aromatic carbocycles. The summed E-state index contributed by atoms with van der Waals surface area (Å²) < 4.78 is 0. The van der Waals surface area contributed by atoms with E-state index in [1.165, 1.54) is 4.88 Å². The average molecular weight is 228 g/mol. The molecule has 0 aliphatic heterocycles. The van der Waals surface area contributed by atoms with Gasteiger partial charge in [-0.15, -0.1) is 11.3 Å². The summed E-state index contributed by atoms with van der Waals surface area (Å²) in [4.78, 5) is 5.44. The predicted octanol–water partition coefficient (Wildman–Crippen LogP) is 2.09. The number of hydrogen-bond donors (Lipinski definition) is 2. The van der Waals surface area contributed by atoms with E-state index in [1.54, 1.807) is 11.3 Å². The first-order chi connectivity index (χ1) is 7.15. The molecule has 1 aromatic heterocycles. The lowest BCUT2D eigenvalue weighted by atomic mass is 9.94. The molecule has 0 saturated carbocycles. The number of aryl methyl sites for hydroxylation is 1. The van der Waals surface area contributed by atoms with Gasteiger partial charge < -0.3 is 10.4 Å². The molecule has 0 fully saturated rings. The maximum absolute atomic E-state index is 9.39. The fourth-order valence-corrected chi connectivity index (χ4v) is 2.28. The van der Waals surface area contributed by atoms with Crippen molar-refractivity contribution in [3.8, 4) is 0 Å². The van der Waals surface area contributed by atoms with Crippen LogP contribution in [0.4, 0.5) is 0 Å². The molecule has 0 saturated heterocycles. The van der Waals surface area contributed by atoms with Crippen LogP contribution in [0.5, 0.6) is 0 Å². The van der Waals surface area contributed by atoms with Gasteiger partial charge >= 0.3 is 0 Å². The van der Waals surface area contributed by atoms with Crippen LogP contribution in [0.1, 0.15) is 36.6 Å². The van der Waals surface area contributed by atoms with Gasteiger partial charge in [0.15, 0.2) is 0 Å². The highest BCUT2D eigenvalue weighted by molar-refractivity contribution is 7.11. The molecule has 4 heteroatoms. The van der Waals surface area contributed by atoms with Gasteiger partial charge in [-0.2, -0.15) is 0 Å². The van der Waals surface area contributed by atoms with E-state index in [2.05, 4.69) is 24.1 Å². The molecule has 0 aliphatic carbocycles. The second-order valence-corrected chi connectivity index (χ2v) is 5.16. The predicted molar refractivity (Wildman–Crippen MR) is 64.1 cm³/mol. The van der Waals surface area contributed by atoms with Crippen LogP contribution in [0.3, 0.4) is 0 Å². The van der Waals surface area contributed by atoms with Crippen LogP contribution < -0.4 is 5.32 Å². The van der Waals surface area contributed by atoms with E-state index in [1.807, 2.05) is 13.1 Å². The SMILES string of the molecule is CCC(CC)(CO)NCc1cnc(C)s1. The number of aliphatic hydroxyl groups excluding tert-OH is 1. The zero-order valence-corrected chi connectivity index (χ0v) is 10.5. The minimum absolute atomic E-state index is 0.127. The maximum Gasteiger partial charge on any atom is 0.0897 e. The first-order valence-corrected chi connectivity index (χ1v) is 6.24. The summed E-state index contributed by atoms with van der Waals surface area (Å²) in [5.74, 6) is 0. The Bertz CT molecular complexity index is 286. The van der Waals surface area contributed by atoms with Gasteiger partial charge in [-0.05, 0) is 19.8 Å². The normalized spacial score (nSPS) is 12.0. The van der Waals surface area contributed by atoms with Crippen molar-refractivity contribution in [2.24, 2.45) is 0 Å². The van der Waals surface area contributed by atoms with Crippen molar-refractivity contribution in [2.45, 2.75) is 45.7 Å². The third kappa shape index (κ3) is 3.26. The van der Waals surface area contributed by atoms with Crippen molar-refractivity contribution in [1.29, 1.82) is 0 Å². The van der Waals surface area contributed by atoms with Crippen LogP contribution >= 0.6 is 11.3 Å². The van der Waals surface area contributed by atoms with Crippen LogP contribution in [-0.2, 0) is 6.54 Å². The van der Waals surface area contributed by atoms with Crippen LogP contribution in [-0.4, -0.2) is 22.2 Å². The third-order valence-electron chi connectivity index (χ3n) is 2.96. The Labute approximate surface area is 95.6 Å². The van der Waals surface area contributed by atoms with E-state index in [9.17, 15) is 5.11 Å². The Morgan fingerprint density at radius 2 is 2.13 bits per heavy atom. The van der Waals surface area contributed by atoms with Gasteiger partial charge in [-0.25, -0.2) is 4.98 Å². The van der Waals surface area contributed by atoms with Gasteiger partial charge in [0.05, 0.1) is 11.6 Å². The Morgan fingerprint density at radius 3 is 2.53 bits per heavy atom. The summed E-state index contributed by atoms with van der Waals surface area (Å²) in [5.41, 5.74) is -0.127. The summed E-state index contributed by atoms with van der Waals surface area (Å²) in [7, 11) is 0. The summed E-state index contributed by atoms with van der Waals surface area (Å²) in [6, 6.07) is 0. The summed E-state index contributed by atoms with van der Waals surface area (Å²) in [6.45, 7) is 7.20. The van der Waals surface area contributed by atoms with Crippen LogP contribution in [0.2, 0.25) is 0 Å². The Kier molecular flexibility index (Phi) is 4.70. The van der Waals surface area contributed by atoms with Crippen LogP contribution in [0.25, 0.3) is 0 Å². The Hall–Kier alpha value is -0.450. The minimum atomic E-state index is -0.127. The highest BCUT2D eigenvalue weighted by atomic mass is 32.1. The van der Waals surface area contributed by atoms with Crippen molar-refractivity contribution in [1.82, 2.24) is 10.3 Å². The van der Waals surface area contributed by atoms with Crippen molar-refractivity contribution in [3.05, 3.63) is 16.1 Å². The number of thiazole rings is 1. The lowest BCUT2D eigenvalue weighted by Crippen LogP contribution is -2.46. The molecule has 1 aromatic rings. The zero-order chi connectivity index (χ0) is 11.3. The van der Waals surface area contributed by atoms with E-state index in [-0.39, 0.29) is 12.1 Å². The lowest BCUT2D eigenvalue weighted by Gasteiger charge is -2.30. The standard InChI is InChI=1S/C11H20N2OS/c1-4-11(5-2,8-14)13-7-10-6-12-9(3)15-10/h6,13-14H,4-5,7-8H2,1-3H3. The van der Waals surface area contributed by atoms with Gasteiger partial charge in [0.25, 0.3) is 0 Å². The zero-order valence-electron chi connectivity index (χ0n) is 9.71. The molecule has 3 nitrogen and oxygen atoms in total. The quantitative estimate of drug-likeness (QED) is 0.783. The highest BCUT2D eigenvalue weighted by Crippen LogP contribution is 2.17. The fourth-order valence-electron chi connectivity index (χ4n) is 1.54.